The van der Waals surface area contributed by atoms with Crippen molar-refractivity contribution in [1.29, 1.82) is 0 Å². The van der Waals surface area contributed by atoms with Crippen molar-refractivity contribution in [2.24, 2.45) is 0 Å². The third kappa shape index (κ3) is 2.94. The number of halogens is 1. The van der Waals surface area contributed by atoms with Crippen molar-refractivity contribution in [1.82, 2.24) is 10.1 Å². The molecule has 2 N–H and O–H groups in total. The molecule has 0 atom stereocenters. The Morgan fingerprint density at radius 1 is 1.47 bits per heavy atom. The zero-order valence-corrected chi connectivity index (χ0v) is 9.65. The summed E-state index contributed by atoms with van der Waals surface area (Å²) in [5.41, 5.74) is 0.423. The van der Waals surface area contributed by atoms with Crippen LogP contribution in [0.2, 0.25) is 5.15 Å². The van der Waals surface area contributed by atoms with E-state index in [2.05, 4.69) is 20.8 Å². The molecule has 0 aliphatic carbocycles. The number of aryl methyl sites for hydroxylation is 1. The van der Waals surface area contributed by atoms with Crippen LogP contribution in [-0.4, -0.2) is 16.2 Å². The summed E-state index contributed by atoms with van der Waals surface area (Å²) in [4.78, 5) is 15.4. The molecule has 0 saturated carbocycles. The Hall–Kier alpha value is -2.08. The molecule has 88 valence electrons. The molecule has 2 aromatic rings. The van der Waals surface area contributed by atoms with E-state index < -0.39 is 6.03 Å². The van der Waals surface area contributed by atoms with E-state index in [1.165, 1.54) is 6.20 Å². The topological polar surface area (TPSA) is 80.0 Å². The van der Waals surface area contributed by atoms with Crippen LogP contribution in [0.3, 0.4) is 0 Å². The third-order valence-electron chi connectivity index (χ3n) is 1.88. The van der Waals surface area contributed by atoms with Crippen molar-refractivity contribution in [2.75, 3.05) is 10.6 Å². The highest BCUT2D eigenvalue weighted by molar-refractivity contribution is 6.32. The van der Waals surface area contributed by atoms with E-state index >= 15 is 0 Å². The number of carbonyl (C=O) groups excluding carboxylic acids is 1. The van der Waals surface area contributed by atoms with Gasteiger partial charge in [-0.15, -0.1) is 0 Å². The fraction of sp³-hybridized carbons (Fsp3) is 0.100. The first-order valence-corrected chi connectivity index (χ1v) is 5.15. The molecular weight excluding hydrogens is 244 g/mol. The van der Waals surface area contributed by atoms with Gasteiger partial charge >= 0.3 is 6.03 Å². The Morgan fingerprint density at radius 3 is 2.94 bits per heavy atom. The molecule has 0 bridgehead atoms. The Bertz CT molecular complexity index is 541. The van der Waals surface area contributed by atoms with E-state index in [0.717, 1.165) is 0 Å². The molecule has 0 aliphatic rings. The second-order valence-corrected chi connectivity index (χ2v) is 3.60. The summed E-state index contributed by atoms with van der Waals surface area (Å²) >= 11 is 5.79. The quantitative estimate of drug-likeness (QED) is 0.806. The van der Waals surface area contributed by atoms with E-state index in [1.54, 1.807) is 25.1 Å². The van der Waals surface area contributed by atoms with Crippen LogP contribution in [0, 0.1) is 6.92 Å². The number of hydrogen-bond donors (Lipinski definition) is 2. The third-order valence-corrected chi connectivity index (χ3v) is 2.18. The number of nitrogens with one attached hydrogen (secondary N) is 2. The summed E-state index contributed by atoms with van der Waals surface area (Å²) in [6.07, 6.45) is 1.53. The summed E-state index contributed by atoms with van der Waals surface area (Å²) in [5.74, 6) is 0.944. The number of anilines is 2. The fourth-order valence-electron chi connectivity index (χ4n) is 1.17. The molecule has 0 fully saturated rings. The van der Waals surface area contributed by atoms with Crippen LogP contribution in [0.15, 0.2) is 28.9 Å². The number of aromatic nitrogens is 2. The standard InChI is InChI=1S/C10H9ClN4O2/c1-6-5-8(15-17-6)14-10(16)13-7-3-2-4-12-9(7)11/h2-5H,1H3,(H2,13,14,15,16). The SMILES string of the molecule is Cc1cc(NC(=O)Nc2cccnc2Cl)no1. The lowest BCUT2D eigenvalue weighted by Gasteiger charge is -2.05. The van der Waals surface area contributed by atoms with Crippen LogP contribution in [0.25, 0.3) is 0 Å². The van der Waals surface area contributed by atoms with Gasteiger partial charge in [0.2, 0.25) is 0 Å². The summed E-state index contributed by atoms with van der Waals surface area (Å²) in [6.45, 7) is 1.73. The minimum Gasteiger partial charge on any atom is -0.360 e. The first kappa shape index (κ1) is 11.4. The maximum atomic E-state index is 11.6. The van der Waals surface area contributed by atoms with Crippen molar-refractivity contribution in [3.05, 3.63) is 35.3 Å². The summed E-state index contributed by atoms with van der Waals surface area (Å²) in [7, 11) is 0. The molecule has 0 spiro atoms. The Balaban J connectivity index is 2.01. The molecule has 2 rings (SSSR count). The maximum absolute atomic E-state index is 11.6. The number of urea groups is 1. The molecule has 2 amide bonds. The molecule has 7 heteroatoms. The van der Waals surface area contributed by atoms with Crippen LogP contribution < -0.4 is 10.6 Å². The van der Waals surface area contributed by atoms with Gasteiger partial charge in [-0.1, -0.05) is 16.8 Å². The molecule has 0 unspecified atom stereocenters. The van der Waals surface area contributed by atoms with Crippen LogP contribution in [0.4, 0.5) is 16.3 Å². The molecule has 0 saturated heterocycles. The van der Waals surface area contributed by atoms with Crippen molar-refractivity contribution < 1.29 is 9.32 Å². The molecule has 0 aliphatic heterocycles. The van der Waals surface area contributed by atoms with Gasteiger partial charge in [0.15, 0.2) is 11.0 Å². The average Bonchev–Trinajstić information content (AvgIpc) is 2.67. The van der Waals surface area contributed by atoms with E-state index in [1.807, 2.05) is 0 Å². The van der Waals surface area contributed by atoms with Crippen molar-refractivity contribution in [2.45, 2.75) is 6.92 Å². The van der Waals surface area contributed by atoms with Crippen LogP contribution in [-0.2, 0) is 0 Å². The van der Waals surface area contributed by atoms with Gasteiger partial charge in [-0.05, 0) is 19.1 Å². The molecule has 2 heterocycles. The minimum atomic E-state index is -0.465. The molecule has 0 radical (unpaired) electrons. The van der Waals surface area contributed by atoms with Gasteiger partial charge in [0.05, 0.1) is 5.69 Å². The Labute approximate surface area is 102 Å². The summed E-state index contributed by atoms with van der Waals surface area (Å²) in [5, 5.41) is 8.88. The Kier molecular flexibility index (Phi) is 3.24. The zero-order chi connectivity index (χ0) is 12.3. The normalized spacial score (nSPS) is 10.0. The van der Waals surface area contributed by atoms with Crippen molar-refractivity contribution >= 4 is 29.1 Å². The van der Waals surface area contributed by atoms with Gasteiger partial charge in [0, 0.05) is 12.3 Å². The number of amides is 2. The Morgan fingerprint density at radius 2 is 2.29 bits per heavy atom. The highest BCUT2D eigenvalue weighted by Gasteiger charge is 2.08. The number of pyridine rings is 1. The molecular formula is C10H9ClN4O2. The zero-order valence-electron chi connectivity index (χ0n) is 8.90. The molecule has 6 nitrogen and oxygen atoms in total. The number of carbonyl (C=O) groups is 1. The molecule has 2 aromatic heterocycles. The first-order valence-electron chi connectivity index (χ1n) is 4.77. The lowest BCUT2D eigenvalue weighted by molar-refractivity contribution is 0.262. The van der Waals surface area contributed by atoms with E-state index in [4.69, 9.17) is 16.1 Å². The smallest absolute Gasteiger partial charge is 0.325 e. The van der Waals surface area contributed by atoms with Gasteiger partial charge in [0.25, 0.3) is 0 Å². The van der Waals surface area contributed by atoms with E-state index in [-0.39, 0.29) is 5.15 Å². The monoisotopic (exact) mass is 252 g/mol. The van der Waals surface area contributed by atoms with Gasteiger partial charge < -0.3 is 9.84 Å². The van der Waals surface area contributed by atoms with E-state index in [9.17, 15) is 4.79 Å². The summed E-state index contributed by atoms with van der Waals surface area (Å²) < 4.78 is 4.81. The highest BCUT2D eigenvalue weighted by Crippen LogP contribution is 2.17. The maximum Gasteiger partial charge on any atom is 0.325 e. The van der Waals surface area contributed by atoms with Gasteiger partial charge in [-0.25, -0.2) is 9.78 Å². The summed E-state index contributed by atoms with van der Waals surface area (Å²) in [6, 6.07) is 4.45. The van der Waals surface area contributed by atoms with Gasteiger partial charge in [-0.3, -0.25) is 5.32 Å². The molecule has 17 heavy (non-hydrogen) atoms. The minimum absolute atomic E-state index is 0.221. The van der Waals surface area contributed by atoms with Crippen LogP contribution in [0.1, 0.15) is 5.76 Å². The fourth-order valence-corrected chi connectivity index (χ4v) is 1.34. The molecule has 0 aromatic carbocycles. The lowest BCUT2D eigenvalue weighted by Crippen LogP contribution is -2.19. The van der Waals surface area contributed by atoms with E-state index in [0.29, 0.717) is 17.3 Å². The second kappa shape index (κ2) is 4.84. The van der Waals surface area contributed by atoms with Crippen LogP contribution in [0.5, 0.6) is 0 Å². The van der Waals surface area contributed by atoms with Crippen LogP contribution >= 0.6 is 11.6 Å². The lowest BCUT2D eigenvalue weighted by atomic mass is 10.4. The van der Waals surface area contributed by atoms with Gasteiger partial charge in [-0.2, -0.15) is 0 Å². The second-order valence-electron chi connectivity index (χ2n) is 3.24. The number of rotatable bonds is 2. The average molecular weight is 253 g/mol. The van der Waals surface area contributed by atoms with Gasteiger partial charge in [0.1, 0.15) is 5.76 Å². The van der Waals surface area contributed by atoms with Crippen molar-refractivity contribution in [3.8, 4) is 0 Å². The first-order chi connectivity index (χ1) is 8.15. The number of nitrogens with zero attached hydrogens (tertiary/aromatic N) is 2. The highest BCUT2D eigenvalue weighted by atomic mass is 35.5. The predicted octanol–water partition coefficient (Wildman–Crippen LogP) is 2.68. The largest absolute Gasteiger partial charge is 0.360 e. The predicted molar refractivity (Wildman–Crippen MR) is 63.1 cm³/mol. The van der Waals surface area contributed by atoms with Crippen molar-refractivity contribution in [3.63, 3.8) is 0 Å². The number of hydrogen-bond acceptors (Lipinski definition) is 4.